The highest BCUT2D eigenvalue weighted by Gasteiger charge is 2.09. The van der Waals surface area contributed by atoms with Crippen LogP contribution >= 0.6 is 34.8 Å². The minimum atomic E-state index is -0.249. The lowest BCUT2D eigenvalue weighted by Gasteiger charge is -2.12. The first-order valence-electron chi connectivity index (χ1n) is 8.52. The van der Waals surface area contributed by atoms with Crippen molar-refractivity contribution in [1.82, 2.24) is 5.32 Å². The minimum Gasteiger partial charge on any atom is -0.494 e. The number of nitrogens with one attached hydrogen (secondary N) is 2. The van der Waals surface area contributed by atoms with E-state index in [1.807, 2.05) is 26.0 Å². The molecule has 0 aliphatic carbocycles. The van der Waals surface area contributed by atoms with Crippen LogP contribution in [0.15, 0.2) is 36.4 Å². The van der Waals surface area contributed by atoms with E-state index in [0.717, 1.165) is 24.3 Å². The largest absolute Gasteiger partial charge is 0.494 e. The summed E-state index contributed by atoms with van der Waals surface area (Å²) in [6.07, 6.45) is 2.10. The van der Waals surface area contributed by atoms with Crippen LogP contribution in [0.4, 0.5) is 5.69 Å². The maximum atomic E-state index is 12.3. The van der Waals surface area contributed by atoms with Gasteiger partial charge in [-0.15, -0.1) is 0 Å². The Labute approximate surface area is 173 Å². The van der Waals surface area contributed by atoms with Gasteiger partial charge in [0.25, 0.3) is 5.91 Å². The molecule has 0 saturated heterocycles. The molecule has 6 heteroatoms. The number of hydrogen-bond acceptors (Lipinski definition) is 3. The summed E-state index contributed by atoms with van der Waals surface area (Å²) in [4.78, 5) is 12.3. The summed E-state index contributed by atoms with van der Waals surface area (Å²) < 4.78 is 6.83. The Kier molecular flexibility index (Phi) is 7.84. The molecule has 2 rings (SSSR count). The van der Waals surface area contributed by atoms with Crippen LogP contribution in [0.2, 0.25) is 0 Å². The molecule has 2 aromatic carbocycles. The van der Waals surface area contributed by atoms with E-state index in [1.54, 1.807) is 24.3 Å². The number of unbranched alkanes of at least 4 members (excludes halogenated alkanes) is 1. The highest BCUT2D eigenvalue weighted by atomic mass is 127. The van der Waals surface area contributed by atoms with Crippen molar-refractivity contribution < 1.29 is 9.53 Å². The zero-order valence-electron chi connectivity index (χ0n) is 15.2. The van der Waals surface area contributed by atoms with Crippen LogP contribution in [0.5, 0.6) is 5.75 Å². The molecule has 0 fully saturated rings. The summed E-state index contributed by atoms with van der Waals surface area (Å²) >= 11 is 7.58. The summed E-state index contributed by atoms with van der Waals surface area (Å²) in [5.41, 5.74) is 3.74. The number of halogens is 1. The van der Waals surface area contributed by atoms with E-state index in [9.17, 15) is 4.79 Å². The van der Waals surface area contributed by atoms with Crippen molar-refractivity contribution in [3.63, 3.8) is 0 Å². The fourth-order valence-corrected chi connectivity index (χ4v) is 2.91. The summed E-state index contributed by atoms with van der Waals surface area (Å²) in [5, 5.41) is 6.05. The molecular weight excluding hydrogens is 459 g/mol. The first kappa shape index (κ1) is 20.6. The standard InChI is InChI=1S/C20H23IN2O2S/c1-4-5-10-25-17-8-6-15(7-9-17)19(24)23-20(26)22-16-11-13(2)18(21)14(3)12-16/h6-9,11-12H,4-5,10H2,1-3H3,(H2,22,23,24,26). The molecule has 0 atom stereocenters. The summed E-state index contributed by atoms with van der Waals surface area (Å²) in [6.45, 7) is 6.90. The van der Waals surface area contributed by atoms with E-state index in [0.29, 0.717) is 12.2 Å². The van der Waals surface area contributed by atoms with Crippen molar-refractivity contribution in [2.24, 2.45) is 0 Å². The lowest BCUT2D eigenvalue weighted by Crippen LogP contribution is -2.34. The summed E-state index contributed by atoms with van der Waals surface area (Å²) in [5.74, 6) is 0.516. The number of hydrogen-bond donors (Lipinski definition) is 2. The van der Waals surface area contributed by atoms with Crippen molar-refractivity contribution in [3.8, 4) is 5.75 Å². The molecule has 0 aliphatic heterocycles. The molecule has 0 aliphatic rings. The van der Waals surface area contributed by atoms with Gasteiger partial charge in [0, 0.05) is 14.8 Å². The number of aryl methyl sites for hydroxylation is 2. The Morgan fingerprint density at radius 1 is 1.15 bits per heavy atom. The number of carbonyl (C=O) groups excluding carboxylic acids is 1. The van der Waals surface area contributed by atoms with E-state index in [2.05, 4.69) is 40.1 Å². The van der Waals surface area contributed by atoms with Crippen molar-refractivity contribution in [2.45, 2.75) is 33.6 Å². The lowest BCUT2D eigenvalue weighted by molar-refractivity contribution is 0.0977. The van der Waals surface area contributed by atoms with Gasteiger partial charge >= 0.3 is 0 Å². The van der Waals surface area contributed by atoms with Gasteiger partial charge in [-0.3, -0.25) is 10.1 Å². The molecule has 2 aromatic rings. The summed E-state index contributed by atoms with van der Waals surface area (Å²) in [7, 11) is 0. The smallest absolute Gasteiger partial charge is 0.257 e. The first-order chi connectivity index (χ1) is 12.4. The fourth-order valence-electron chi connectivity index (χ4n) is 2.39. The molecule has 2 N–H and O–H groups in total. The van der Waals surface area contributed by atoms with E-state index >= 15 is 0 Å². The highest BCUT2D eigenvalue weighted by molar-refractivity contribution is 14.1. The van der Waals surface area contributed by atoms with Crippen LogP contribution in [0.25, 0.3) is 0 Å². The fraction of sp³-hybridized carbons (Fsp3) is 0.300. The van der Waals surface area contributed by atoms with Crippen LogP contribution in [-0.2, 0) is 0 Å². The monoisotopic (exact) mass is 482 g/mol. The van der Waals surface area contributed by atoms with Gasteiger partial charge in [-0.25, -0.2) is 0 Å². The van der Waals surface area contributed by atoms with Crippen molar-refractivity contribution >= 4 is 51.5 Å². The van der Waals surface area contributed by atoms with Gasteiger partial charge in [0.15, 0.2) is 5.11 Å². The second-order valence-electron chi connectivity index (χ2n) is 6.06. The van der Waals surface area contributed by atoms with Gasteiger partial charge in [0.1, 0.15) is 5.75 Å². The number of benzene rings is 2. The molecule has 0 spiro atoms. The van der Waals surface area contributed by atoms with Crippen molar-refractivity contribution in [2.75, 3.05) is 11.9 Å². The molecule has 1 amide bonds. The predicted octanol–water partition coefficient (Wildman–Crippen LogP) is 5.21. The number of amides is 1. The molecular formula is C20H23IN2O2S. The zero-order chi connectivity index (χ0) is 19.1. The van der Waals surface area contributed by atoms with Gasteiger partial charge in [-0.05, 0) is 103 Å². The SMILES string of the molecule is CCCCOc1ccc(C(=O)NC(=S)Nc2cc(C)c(I)c(C)c2)cc1. The molecule has 0 aromatic heterocycles. The Morgan fingerprint density at radius 2 is 1.77 bits per heavy atom. The third-order valence-electron chi connectivity index (χ3n) is 3.80. The third-order valence-corrected chi connectivity index (χ3v) is 5.71. The van der Waals surface area contributed by atoms with Crippen LogP contribution in [-0.4, -0.2) is 17.6 Å². The van der Waals surface area contributed by atoms with E-state index in [1.165, 1.54) is 14.7 Å². The van der Waals surface area contributed by atoms with Gasteiger partial charge in [-0.2, -0.15) is 0 Å². The number of ether oxygens (including phenoxy) is 1. The van der Waals surface area contributed by atoms with Gasteiger partial charge < -0.3 is 10.1 Å². The Hall–Kier alpha value is -1.67. The Morgan fingerprint density at radius 3 is 2.35 bits per heavy atom. The zero-order valence-corrected chi connectivity index (χ0v) is 18.2. The maximum absolute atomic E-state index is 12.3. The van der Waals surface area contributed by atoms with E-state index in [-0.39, 0.29) is 11.0 Å². The molecule has 0 radical (unpaired) electrons. The molecule has 0 bridgehead atoms. The Balaban J connectivity index is 1.93. The third kappa shape index (κ3) is 5.95. The molecule has 0 unspecified atom stereocenters. The second-order valence-corrected chi connectivity index (χ2v) is 7.55. The van der Waals surface area contributed by atoms with E-state index < -0.39 is 0 Å². The number of anilines is 1. The molecule has 4 nitrogen and oxygen atoms in total. The van der Waals surface area contributed by atoms with Gasteiger partial charge in [0.2, 0.25) is 0 Å². The predicted molar refractivity (Wildman–Crippen MR) is 119 cm³/mol. The van der Waals surface area contributed by atoms with E-state index in [4.69, 9.17) is 17.0 Å². The normalized spacial score (nSPS) is 10.3. The summed E-state index contributed by atoms with van der Waals surface area (Å²) in [6, 6.07) is 11.1. The average Bonchev–Trinajstić information content (AvgIpc) is 2.60. The minimum absolute atomic E-state index is 0.249. The quantitative estimate of drug-likeness (QED) is 0.337. The highest BCUT2D eigenvalue weighted by Crippen LogP contribution is 2.21. The van der Waals surface area contributed by atoms with Crippen molar-refractivity contribution in [3.05, 3.63) is 56.7 Å². The van der Waals surface area contributed by atoms with Crippen LogP contribution in [0.1, 0.15) is 41.3 Å². The average molecular weight is 482 g/mol. The molecule has 26 heavy (non-hydrogen) atoms. The first-order valence-corrected chi connectivity index (χ1v) is 10.0. The van der Waals surface area contributed by atoms with Crippen LogP contribution in [0, 0.1) is 17.4 Å². The maximum Gasteiger partial charge on any atom is 0.257 e. The molecule has 138 valence electrons. The van der Waals surface area contributed by atoms with Gasteiger partial charge in [0.05, 0.1) is 6.61 Å². The molecule has 0 saturated carbocycles. The lowest BCUT2D eigenvalue weighted by atomic mass is 10.1. The topological polar surface area (TPSA) is 50.4 Å². The number of rotatable bonds is 6. The molecule has 0 heterocycles. The Bertz CT molecular complexity index is 768. The van der Waals surface area contributed by atoms with Crippen LogP contribution < -0.4 is 15.4 Å². The number of thiocarbonyl (C=S) groups is 1. The second kappa shape index (κ2) is 9.87. The van der Waals surface area contributed by atoms with Gasteiger partial charge in [-0.1, -0.05) is 13.3 Å². The van der Waals surface area contributed by atoms with Crippen LogP contribution in [0.3, 0.4) is 0 Å². The number of carbonyl (C=O) groups is 1. The van der Waals surface area contributed by atoms with Crippen molar-refractivity contribution in [1.29, 1.82) is 0 Å².